The van der Waals surface area contributed by atoms with E-state index < -0.39 is 45.1 Å². The molecule has 47 heavy (non-hydrogen) atoms. The van der Waals surface area contributed by atoms with E-state index in [1.807, 2.05) is 78.9 Å². The summed E-state index contributed by atoms with van der Waals surface area (Å²) < 4.78 is 56.7. The summed E-state index contributed by atoms with van der Waals surface area (Å²) in [5.41, 5.74) is 5.66. The summed E-state index contributed by atoms with van der Waals surface area (Å²) in [5.74, 6) is -0.485. The number of aryl methyl sites for hydroxylation is 2. The van der Waals surface area contributed by atoms with Gasteiger partial charge in [0.1, 0.15) is 12.0 Å². The third-order valence-corrected chi connectivity index (χ3v) is 9.21. The maximum atomic E-state index is 12.6. The Bertz CT molecular complexity index is 1840. The number of nitrogens with one attached hydrogen (secondary N) is 2. The van der Waals surface area contributed by atoms with Crippen molar-refractivity contribution in [3.8, 4) is 22.5 Å². The molecule has 2 amide bonds. The second-order valence-corrected chi connectivity index (χ2v) is 14.5. The van der Waals surface area contributed by atoms with Crippen LogP contribution in [0.3, 0.4) is 0 Å². The fraction of sp³-hybridized carbons (Fsp3) is 0.324. The van der Waals surface area contributed by atoms with Gasteiger partial charge in [-0.2, -0.15) is 0 Å². The monoisotopic (exact) mass is 679 g/mol. The molecule has 1 fully saturated rings. The van der Waals surface area contributed by atoms with Crippen LogP contribution in [0.2, 0.25) is 0 Å². The van der Waals surface area contributed by atoms with Crippen LogP contribution in [0.15, 0.2) is 83.4 Å². The van der Waals surface area contributed by atoms with E-state index in [-0.39, 0.29) is 11.8 Å². The van der Waals surface area contributed by atoms with Gasteiger partial charge in [0.15, 0.2) is 16.8 Å². The van der Waals surface area contributed by atoms with Crippen molar-refractivity contribution in [3.63, 3.8) is 0 Å². The lowest BCUT2D eigenvalue weighted by Crippen LogP contribution is -2.32. The molecule has 248 valence electrons. The standard InChI is InChI=1S/C34H37N3O8S2/c1-23-31(29(44-33(39)35-22-46(40)41)10-6-9-24-7-4-3-5-8-24)32(45-36-23)27-13-11-25(12-14-27)26-15-17-28(18-16-26)34(19-20-34)21-30(38)37-47(2,42)43/h3-5,7-8,11-18,29H,6,9-10,19-22H2,1-2H3,(H,35,39)(H,37,38)(H,40,41). The molecule has 0 spiro atoms. The van der Waals surface area contributed by atoms with Crippen molar-refractivity contribution in [1.82, 2.24) is 15.2 Å². The van der Waals surface area contributed by atoms with Crippen LogP contribution in [0.25, 0.3) is 22.5 Å². The summed E-state index contributed by atoms with van der Waals surface area (Å²) in [7, 11) is -3.60. The Morgan fingerprint density at radius 3 is 2.21 bits per heavy atom. The lowest BCUT2D eigenvalue weighted by molar-refractivity contribution is -0.119. The smallest absolute Gasteiger partial charge is 0.408 e. The van der Waals surface area contributed by atoms with Gasteiger partial charge >= 0.3 is 6.09 Å². The van der Waals surface area contributed by atoms with Crippen molar-refractivity contribution < 1.29 is 36.0 Å². The van der Waals surface area contributed by atoms with Crippen molar-refractivity contribution >= 4 is 33.1 Å². The van der Waals surface area contributed by atoms with E-state index in [0.717, 1.165) is 53.3 Å². The molecule has 11 nitrogen and oxygen atoms in total. The molecule has 0 radical (unpaired) electrons. The Morgan fingerprint density at radius 2 is 1.62 bits per heavy atom. The Balaban J connectivity index is 1.32. The Kier molecular flexibility index (Phi) is 10.6. The van der Waals surface area contributed by atoms with Crippen molar-refractivity contribution in [3.05, 3.63) is 101 Å². The topological polar surface area (TPSA) is 165 Å². The van der Waals surface area contributed by atoms with Crippen molar-refractivity contribution in [2.75, 3.05) is 12.1 Å². The van der Waals surface area contributed by atoms with E-state index in [1.54, 1.807) is 6.92 Å². The molecular weight excluding hydrogens is 643 g/mol. The van der Waals surface area contributed by atoms with Gasteiger partial charge in [0.05, 0.1) is 17.5 Å². The van der Waals surface area contributed by atoms with Gasteiger partial charge in [-0.25, -0.2) is 17.4 Å². The van der Waals surface area contributed by atoms with E-state index in [9.17, 15) is 22.2 Å². The number of ether oxygens (including phenoxy) is 1. The molecule has 2 unspecified atom stereocenters. The average Bonchev–Trinajstić information content (AvgIpc) is 3.71. The molecule has 0 bridgehead atoms. The number of aromatic nitrogens is 1. The van der Waals surface area contributed by atoms with E-state index in [0.29, 0.717) is 29.9 Å². The summed E-state index contributed by atoms with van der Waals surface area (Å²) in [6, 6.07) is 25.6. The second kappa shape index (κ2) is 14.6. The first kappa shape index (κ1) is 34.0. The van der Waals surface area contributed by atoms with E-state index in [4.69, 9.17) is 13.8 Å². The first-order chi connectivity index (χ1) is 22.4. The number of amides is 2. The largest absolute Gasteiger partial charge is 0.441 e. The van der Waals surface area contributed by atoms with Gasteiger partial charge in [0.25, 0.3) is 0 Å². The minimum atomic E-state index is -3.60. The molecule has 3 aromatic carbocycles. The van der Waals surface area contributed by atoms with Gasteiger partial charge in [-0.3, -0.25) is 9.52 Å². The van der Waals surface area contributed by atoms with Crippen LogP contribution in [0.1, 0.15) is 60.6 Å². The fourth-order valence-electron chi connectivity index (χ4n) is 5.75. The molecular formula is C34H37N3O8S2. The summed E-state index contributed by atoms with van der Waals surface area (Å²) in [4.78, 5) is 24.8. The number of carbonyl (C=O) groups is 2. The van der Waals surface area contributed by atoms with Crippen LogP contribution in [-0.4, -0.2) is 46.5 Å². The van der Waals surface area contributed by atoms with Crippen LogP contribution >= 0.6 is 0 Å². The van der Waals surface area contributed by atoms with Gasteiger partial charge < -0.3 is 19.1 Å². The predicted molar refractivity (Wildman–Crippen MR) is 178 cm³/mol. The summed E-state index contributed by atoms with van der Waals surface area (Å²) >= 11 is -2.21. The van der Waals surface area contributed by atoms with Gasteiger partial charge in [-0.15, -0.1) is 0 Å². The highest BCUT2D eigenvalue weighted by Crippen LogP contribution is 2.51. The molecule has 2 atom stereocenters. The lowest BCUT2D eigenvalue weighted by atomic mass is 9.90. The fourth-order valence-corrected chi connectivity index (χ4v) is 6.48. The first-order valence-corrected chi connectivity index (χ1v) is 18.3. The highest BCUT2D eigenvalue weighted by molar-refractivity contribution is 7.89. The predicted octanol–water partition coefficient (Wildman–Crippen LogP) is 5.78. The van der Waals surface area contributed by atoms with Crippen molar-refractivity contribution in [1.29, 1.82) is 0 Å². The van der Waals surface area contributed by atoms with Crippen LogP contribution in [0, 0.1) is 6.92 Å². The van der Waals surface area contributed by atoms with Crippen molar-refractivity contribution in [2.24, 2.45) is 0 Å². The molecule has 0 saturated heterocycles. The minimum absolute atomic E-state index is 0.118. The Morgan fingerprint density at radius 1 is 1.00 bits per heavy atom. The number of alkyl carbamates (subject to hydrolysis) is 1. The molecule has 4 aromatic rings. The van der Waals surface area contributed by atoms with Gasteiger partial charge in [0, 0.05) is 17.4 Å². The highest BCUT2D eigenvalue weighted by atomic mass is 32.2. The van der Waals surface area contributed by atoms with Crippen molar-refractivity contribution in [2.45, 2.75) is 57.0 Å². The second-order valence-electron chi connectivity index (χ2n) is 11.8. The molecule has 1 aliphatic rings. The van der Waals surface area contributed by atoms with Crippen LogP contribution < -0.4 is 10.0 Å². The number of hydrogen-bond acceptors (Lipinski definition) is 8. The van der Waals surface area contributed by atoms with Gasteiger partial charge in [-0.1, -0.05) is 84.0 Å². The number of sulfonamides is 1. The van der Waals surface area contributed by atoms with Crippen LogP contribution in [0.5, 0.6) is 0 Å². The molecule has 0 aliphatic heterocycles. The van der Waals surface area contributed by atoms with E-state index in [1.165, 1.54) is 0 Å². The third-order valence-electron chi connectivity index (χ3n) is 8.22. The summed E-state index contributed by atoms with van der Waals surface area (Å²) in [5, 5.41) is 6.50. The summed E-state index contributed by atoms with van der Waals surface area (Å²) in [6.07, 6.45) is 3.14. The minimum Gasteiger partial charge on any atom is -0.441 e. The molecule has 1 heterocycles. The van der Waals surface area contributed by atoms with Gasteiger partial charge in [0.2, 0.25) is 15.9 Å². The molecule has 1 aromatic heterocycles. The van der Waals surface area contributed by atoms with E-state index in [2.05, 4.69) is 15.2 Å². The van der Waals surface area contributed by atoms with Crippen LogP contribution in [-0.2, 0) is 42.5 Å². The zero-order valence-corrected chi connectivity index (χ0v) is 27.7. The van der Waals surface area contributed by atoms with E-state index >= 15 is 0 Å². The average molecular weight is 680 g/mol. The van der Waals surface area contributed by atoms with Gasteiger partial charge in [-0.05, 0) is 61.3 Å². The Labute approximate surface area is 276 Å². The first-order valence-electron chi connectivity index (χ1n) is 15.2. The number of hydrogen-bond donors (Lipinski definition) is 3. The quantitative estimate of drug-likeness (QED) is 0.140. The third kappa shape index (κ3) is 9.15. The highest BCUT2D eigenvalue weighted by Gasteiger charge is 2.46. The zero-order chi connectivity index (χ0) is 33.6. The normalized spacial score (nSPS) is 15.0. The molecule has 3 N–H and O–H groups in total. The number of nitrogens with zero attached hydrogens (tertiary/aromatic N) is 1. The zero-order valence-electron chi connectivity index (χ0n) is 26.1. The maximum Gasteiger partial charge on any atom is 0.408 e. The molecule has 1 saturated carbocycles. The molecule has 13 heteroatoms. The molecule has 1 aliphatic carbocycles. The van der Waals surface area contributed by atoms with Crippen LogP contribution in [0.4, 0.5) is 4.79 Å². The Hall–Kier alpha value is -4.33. The summed E-state index contributed by atoms with van der Waals surface area (Å²) in [6.45, 7) is 1.78. The number of carbonyl (C=O) groups excluding carboxylic acids is 2. The SMILES string of the molecule is Cc1noc(-c2ccc(-c3ccc(C4(CC(=O)NS(C)(=O)=O)CC4)cc3)cc2)c1C(CCCc1ccccc1)OC(=O)NCS(=O)O. The molecule has 5 rings (SSSR count). The number of benzene rings is 3. The lowest BCUT2D eigenvalue weighted by Gasteiger charge is -2.19. The maximum absolute atomic E-state index is 12.6. The number of rotatable bonds is 14.